The van der Waals surface area contributed by atoms with Crippen molar-refractivity contribution >= 4 is 0 Å². The van der Waals surface area contributed by atoms with Crippen LogP contribution >= 0.6 is 0 Å². The van der Waals surface area contributed by atoms with Crippen molar-refractivity contribution in [2.45, 2.75) is 30.6 Å². The first-order chi connectivity index (χ1) is 16.1. The van der Waals surface area contributed by atoms with Gasteiger partial charge < -0.3 is 10.2 Å². The Kier molecular flexibility index (Phi) is 5.30. The average Bonchev–Trinajstić information content (AvgIpc) is 3.14. The second-order valence-corrected chi connectivity index (χ2v) is 8.85. The lowest BCUT2D eigenvalue weighted by Crippen LogP contribution is -2.30. The van der Waals surface area contributed by atoms with Crippen molar-refractivity contribution in [3.05, 3.63) is 143 Å². The summed E-state index contributed by atoms with van der Waals surface area (Å²) in [5.41, 5.74) is 7.36. The number of phenols is 2. The van der Waals surface area contributed by atoms with E-state index in [0.717, 1.165) is 28.7 Å². The predicted molar refractivity (Wildman–Crippen MR) is 135 cm³/mol. The van der Waals surface area contributed by atoms with Gasteiger partial charge in [-0.25, -0.2) is 0 Å². The minimum Gasteiger partial charge on any atom is -0.508 e. The smallest absolute Gasteiger partial charge is 0.119 e. The number of hydrogen-bond donors (Lipinski definition) is 2. The molecule has 0 radical (unpaired) electrons. The Labute approximate surface area is 195 Å². The first-order valence-electron chi connectivity index (χ1n) is 11.4. The molecule has 164 valence electrons. The molecule has 33 heavy (non-hydrogen) atoms. The van der Waals surface area contributed by atoms with Crippen LogP contribution in [0.1, 0.15) is 45.7 Å². The van der Waals surface area contributed by atoms with E-state index in [4.69, 9.17) is 0 Å². The summed E-state index contributed by atoms with van der Waals surface area (Å²) in [5.74, 6) is 0.860. The fraction of sp³-hybridized carbons (Fsp3) is 0.161. The van der Waals surface area contributed by atoms with Gasteiger partial charge in [0.25, 0.3) is 0 Å². The highest BCUT2D eigenvalue weighted by atomic mass is 16.3. The van der Waals surface area contributed by atoms with Crippen LogP contribution in [0.4, 0.5) is 0 Å². The van der Waals surface area contributed by atoms with Crippen molar-refractivity contribution in [3.63, 3.8) is 0 Å². The number of fused-ring (bicyclic) bond motifs is 3. The molecule has 1 unspecified atom stereocenters. The Balaban J connectivity index is 1.89. The molecule has 2 aliphatic rings. The topological polar surface area (TPSA) is 40.5 Å². The maximum absolute atomic E-state index is 10.5. The normalized spacial score (nSPS) is 17.7. The first kappa shape index (κ1) is 21.1. The van der Waals surface area contributed by atoms with E-state index in [9.17, 15) is 10.2 Å². The van der Waals surface area contributed by atoms with Gasteiger partial charge in [0, 0.05) is 5.92 Å². The quantitative estimate of drug-likeness (QED) is 0.417. The summed E-state index contributed by atoms with van der Waals surface area (Å²) in [6.45, 7) is 7.75. The number of rotatable bonds is 6. The van der Waals surface area contributed by atoms with Crippen molar-refractivity contribution in [2.24, 2.45) is 0 Å². The van der Waals surface area contributed by atoms with E-state index in [0.29, 0.717) is 18.8 Å². The average molecular weight is 433 g/mol. The van der Waals surface area contributed by atoms with Gasteiger partial charge in [0.2, 0.25) is 0 Å². The Bertz CT molecular complexity index is 1250. The zero-order valence-electron chi connectivity index (χ0n) is 18.7. The van der Waals surface area contributed by atoms with Crippen molar-refractivity contribution in [2.75, 3.05) is 0 Å². The van der Waals surface area contributed by atoms with Crippen LogP contribution in [-0.2, 0) is 18.3 Å². The molecule has 2 aliphatic carbocycles. The van der Waals surface area contributed by atoms with Gasteiger partial charge >= 0.3 is 0 Å². The summed E-state index contributed by atoms with van der Waals surface area (Å²) in [7, 11) is 0. The van der Waals surface area contributed by atoms with Crippen LogP contribution in [0.5, 0.6) is 11.5 Å². The Morgan fingerprint density at radius 2 is 1.45 bits per heavy atom. The van der Waals surface area contributed by atoms with Crippen LogP contribution < -0.4 is 0 Å². The third-order valence-corrected chi connectivity index (χ3v) is 7.09. The van der Waals surface area contributed by atoms with E-state index in [-0.39, 0.29) is 11.5 Å². The maximum atomic E-state index is 10.5. The van der Waals surface area contributed by atoms with E-state index in [1.165, 1.54) is 16.7 Å². The molecule has 0 saturated carbocycles. The van der Waals surface area contributed by atoms with Gasteiger partial charge in [-0.1, -0.05) is 78.9 Å². The van der Waals surface area contributed by atoms with E-state index in [1.54, 1.807) is 12.1 Å². The fourth-order valence-electron chi connectivity index (χ4n) is 5.69. The zero-order chi connectivity index (χ0) is 23.0. The van der Waals surface area contributed by atoms with Crippen molar-refractivity contribution in [1.29, 1.82) is 0 Å². The molecule has 3 aromatic rings. The highest BCUT2D eigenvalue weighted by Gasteiger charge is 2.50. The summed E-state index contributed by atoms with van der Waals surface area (Å²) >= 11 is 0. The minimum atomic E-state index is -0.515. The third kappa shape index (κ3) is 3.17. The summed E-state index contributed by atoms with van der Waals surface area (Å²) in [4.78, 5) is 0. The van der Waals surface area contributed by atoms with Crippen LogP contribution in [0.2, 0.25) is 0 Å². The molecule has 3 aromatic carbocycles. The summed E-state index contributed by atoms with van der Waals surface area (Å²) in [6.07, 6.45) is 12.4. The van der Waals surface area contributed by atoms with Crippen molar-refractivity contribution in [3.8, 4) is 11.5 Å². The van der Waals surface area contributed by atoms with Crippen LogP contribution in [0.15, 0.2) is 110 Å². The Morgan fingerprint density at radius 1 is 0.848 bits per heavy atom. The second-order valence-electron chi connectivity index (χ2n) is 8.85. The van der Waals surface area contributed by atoms with E-state index in [2.05, 4.69) is 67.8 Å². The lowest BCUT2D eigenvalue weighted by atomic mass is 9.65. The fourth-order valence-corrected chi connectivity index (χ4v) is 5.69. The minimum absolute atomic E-state index is 0.284. The number of hydrogen-bond acceptors (Lipinski definition) is 2. The van der Waals surface area contributed by atoms with Gasteiger partial charge in [0.1, 0.15) is 11.5 Å². The highest BCUT2D eigenvalue weighted by molar-refractivity contribution is 5.70. The summed E-state index contributed by atoms with van der Waals surface area (Å²) in [5, 5.41) is 21.0. The molecule has 0 fully saturated rings. The molecule has 2 nitrogen and oxygen atoms in total. The largest absolute Gasteiger partial charge is 0.508 e. The summed E-state index contributed by atoms with van der Waals surface area (Å²) in [6, 6.07) is 20.6. The second kappa shape index (κ2) is 8.29. The van der Waals surface area contributed by atoms with Crippen LogP contribution in [0.3, 0.4) is 0 Å². The molecular formula is C31H28O2. The van der Waals surface area contributed by atoms with Gasteiger partial charge in [0.05, 0.1) is 5.41 Å². The number of aromatic hydroxyl groups is 2. The SMILES string of the molecule is C=CCc1cc(C2(c3ccc(O)c(CC=C)c3)C3=CC=CCC3c3ccccc32)ccc1O. The molecule has 0 spiro atoms. The maximum Gasteiger partial charge on any atom is 0.119 e. The van der Waals surface area contributed by atoms with Gasteiger partial charge in [-0.2, -0.15) is 0 Å². The standard InChI is InChI=1S/C31H28O2/c1-3-9-21-19-23(15-17-29(21)32)31(24-16-18-30(33)22(20-24)10-4-2)27-13-7-5-11-25(27)26-12-6-8-14-28(26)31/h3-8,11,13-20,26,32-33H,1-2,9-10,12H2. The van der Waals surface area contributed by atoms with E-state index >= 15 is 0 Å². The van der Waals surface area contributed by atoms with Crippen molar-refractivity contribution in [1.82, 2.24) is 0 Å². The molecule has 0 saturated heterocycles. The molecule has 0 aromatic heterocycles. The zero-order valence-corrected chi connectivity index (χ0v) is 18.7. The highest BCUT2D eigenvalue weighted by Crippen LogP contribution is 2.59. The number of benzene rings is 3. The third-order valence-electron chi connectivity index (χ3n) is 7.09. The molecule has 1 atom stereocenters. The van der Waals surface area contributed by atoms with Crippen LogP contribution in [0.25, 0.3) is 0 Å². The predicted octanol–water partition coefficient (Wildman–Crippen LogP) is 6.87. The van der Waals surface area contributed by atoms with Crippen molar-refractivity contribution < 1.29 is 10.2 Å². The summed E-state index contributed by atoms with van der Waals surface area (Å²) < 4.78 is 0. The van der Waals surface area contributed by atoms with E-state index < -0.39 is 5.41 Å². The molecule has 0 amide bonds. The number of allylic oxidation sites excluding steroid dienone is 6. The molecular weight excluding hydrogens is 404 g/mol. The Hall–Kier alpha value is -3.78. The van der Waals surface area contributed by atoms with Gasteiger partial charge in [-0.15, -0.1) is 13.2 Å². The van der Waals surface area contributed by atoms with Gasteiger partial charge in [-0.05, 0) is 70.3 Å². The lowest BCUT2D eigenvalue weighted by molar-refractivity contribution is 0.468. The monoisotopic (exact) mass is 432 g/mol. The molecule has 2 N–H and O–H groups in total. The Morgan fingerprint density at radius 3 is 2.06 bits per heavy atom. The van der Waals surface area contributed by atoms with Gasteiger partial charge in [-0.3, -0.25) is 0 Å². The van der Waals surface area contributed by atoms with Crippen LogP contribution in [-0.4, -0.2) is 10.2 Å². The molecule has 5 rings (SSSR count). The first-order valence-corrected chi connectivity index (χ1v) is 11.4. The van der Waals surface area contributed by atoms with Gasteiger partial charge in [0.15, 0.2) is 0 Å². The van der Waals surface area contributed by atoms with Crippen LogP contribution in [0, 0.1) is 0 Å². The number of phenolic OH excluding ortho intramolecular Hbond substituents is 2. The molecule has 0 aliphatic heterocycles. The molecule has 0 heterocycles. The van der Waals surface area contributed by atoms with E-state index in [1.807, 2.05) is 24.3 Å². The molecule has 2 heteroatoms. The lowest BCUT2D eigenvalue weighted by Gasteiger charge is -2.36. The molecule has 0 bridgehead atoms.